The Morgan fingerprint density at radius 1 is 1.41 bits per heavy atom. The predicted octanol–water partition coefficient (Wildman–Crippen LogP) is 3.96. The zero-order chi connectivity index (χ0) is 12.5. The van der Waals surface area contributed by atoms with Crippen molar-refractivity contribution in [1.29, 1.82) is 0 Å². The summed E-state index contributed by atoms with van der Waals surface area (Å²) >= 11 is 7.09. The first-order valence-corrected chi connectivity index (χ1v) is 7.66. The van der Waals surface area contributed by atoms with Crippen LogP contribution in [0.15, 0.2) is 22.7 Å². The first-order chi connectivity index (χ1) is 8.04. The minimum Gasteiger partial charge on any atom is -0.377 e. The molecule has 0 aliphatic carbocycles. The van der Waals surface area contributed by atoms with Crippen molar-refractivity contribution >= 4 is 37.5 Å². The van der Waals surface area contributed by atoms with E-state index in [1.165, 1.54) is 11.3 Å². The summed E-state index contributed by atoms with van der Waals surface area (Å²) < 4.78 is 6.70. The molecule has 1 heterocycles. The molecule has 4 heteroatoms. The van der Waals surface area contributed by atoms with E-state index in [0.29, 0.717) is 0 Å². The number of halogens is 2. The highest BCUT2D eigenvalue weighted by atomic mass is 79.9. The van der Waals surface area contributed by atoms with Gasteiger partial charge in [-0.05, 0) is 37.6 Å². The maximum atomic E-state index is 5.57. The van der Waals surface area contributed by atoms with Gasteiger partial charge in [-0.15, -0.1) is 0 Å². The molecule has 1 aromatic rings. The summed E-state index contributed by atoms with van der Waals surface area (Å²) in [7, 11) is 0. The van der Waals surface area contributed by atoms with E-state index in [1.54, 1.807) is 0 Å². The molecule has 0 amide bonds. The van der Waals surface area contributed by atoms with E-state index in [-0.39, 0.29) is 5.54 Å². The van der Waals surface area contributed by atoms with Gasteiger partial charge in [0.15, 0.2) is 0 Å². The molecule has 1 saturated heterocycles. The molecule has 0 unspecified atom stereocenters. The Kier molecular flexibility index (Phi) is 4.16. The second kappa shape index (κ2) is 5.29. The van der Waals surface area contributed by atoms with Crippen LogP contribution in [0, 0.1) is 0 Å². The lowest BCUT2D eigenvalue weighted by molar-refractivity contribution is 0.0643. The molecule has 1 aliphatic rings. The zero-order valence-electron chi connectivity index (χ0n) is 10.2. The van der Waals surface area contributed by atoms with Gasteiger partial charge in [0, 0.05) is 22.0 Å². The first kappa shape index (κ1) is 13.4. The van der Waals surface area contributed by atoms with Crippen LogP contribution in [0.1, 0.15) is 19.4 Å². The van der Waals surface area contributed by atoms with Crippen LogP contribution in [0.4, 0.5) is 5.69 Å². The summed E-state index contributed by atoms with van der Waals surface area (Å²) in [5.41, 5.74) is 2.68. The molecule has 0 radical (unpaired) electrons. The van der Waals surface area contributed by atoms with E-state index in [9.17, 15) is 0 Å². The third kappa shape index (κ3) is 2.85. The van der Waals surface area contributed by atoms with Crippen LogP contribution in [-0.4, -0.2) is 25.3 Å². The van der Waals surface area contributed by atoms with Crippen LogP contribution < -0.4 is 4.90 Å². The molecule has 0 bridgehead atoms. The summed E-state index contributed by atoms with van der Waals surface area (Å²) in [6, 6.07) is 6.47. The normalized spacial score (nSPS) is 19.4. The lowest BCUT2D eigenvalue weighted by Gasteiger charge is -2.44. The van der Waals surface area contributed by atoms with Crippen LogP contribution in [0.25, 0.3) is 0 Å². The topological polar surface area (TPSA) is 12.5 Å². The van der Waals surface area contributed by atoms with Gasteiger partial charge in [-0.2, -0.15) is 0 Å². The van der Waals surface area contributed by atoms with Crippen molar-refractivity contribution < 1.29 is 4.74 Å². The number of alkyl halides is 1. The summed E-state index contributed by atoms with van der Waals surface area (Å²) in [4.78, 5) is 2.44. The Morgan fingerprint density at radius 3 is 2.82 bits per heavy atom. The van der Waals surface area contributed by atoms with Crippen molar-refractivity contribution in [2.24, 2.45) is 0 Å². The molecule has 1 fully saturated rings. The van der Waals surface area contributed by atoms with Gasteiger partial charge < -0.3 is 9.64 Å². The highest BCUT2D eigenvalue weighted by Crippen LogP contribution is 2.32. The maximum absolute atomic E-state index is 5.57. The third-order valence-electron chi connectivity index (χ3n) is 3.12. The third-order valence-corrected chi connectivity index (χ3v) is 4.22. The lowest BCUT2D eigenvalue weighted by Crippen LogP contribution is -2.53. The number of benzene rings is 1. The first-order valence-electron chi connectivity index (χ1n) is 5.74. The molecule has 1 aliphatic heterocycles. The van der Waals surface area contributed by atoms with Crippen molar-refractivity contribution in [3.05, 3.63) is 28.2 Å². The largest absolute Gasteiger partial charge is 0.377 e. The molecular weight excluding hydrogens is 346 g/mol. The van der Waals surface area contributed by atoms with E-state index in [4.69, 9.17) is 4.74 Å². The van der Waals surface area contributed by atoms with Crippen molar-refractivity contribution in [2.45, 2.75) is 24.7 Å². The van der Waals surface area contributed by atoms with Gasteiger partial charge in [-0.1, -0.05) is 31.9 Å². The number of hydrogen-bond acceptors (Lipinski definition) is 2. The summed E-state index contributed by atoms with van der Waals surface area (Å²) in [5, 5.41) is 0.870. The van der Waals surface area contributed by atoms with Crippen molar-refractivity contribution in [3.8, 4) is 0 Å². The number of morpholine rings is 1. The fraction of sp³-hybridized carbons (Fsp3) is 0.538. The van der Waals surface area contributed by atoms with Crippen molar-refractivity contribution in [1.82, 2.24) is 0 Å². The van der Waals surface area contributed by atoms with Gasteiger partial charge in [-0.25, -0.2) is 0 Å². The standard InChI is InChI=1S/C13H17Br2NO/c1-13(2)9-17-6-5-16(13)12-4-3-11(15)7-10(12)8-14/h3-4,7H,5-6,8-9H2,1-2H3. The van der Waals surface area contributed by atoms with E-state index in [2.05, 4.69) is 68.8 Å². The maximum Gasteiger partial charge on any atom is 0.0694 e. The molecular formula is C13H17Br2NO. The average Bonchev–Trinajstić information content (AvgIpc) is 2.29. The van der Waals surface area contributed by atoms with Gasteiger partial charge in [0.25, 0.3) is 0 Å². The predicted molar refractivity (Wildman–Crippen MR) is 79.0 cm³/mol. The molecule has 17 heavy (non-hydrogen) atoms. The zero-order valence-corrected chi connectivity index (χ0v) is 13.3. The number of rotatable bonds is 2. The molecule has 1 aromatic carbocycles. The number of hydrogen-bond donors (Lipinski definition) is 0. The molecule has 0 spiro atoms. The molecule has 2 nitrogen and oxygen atoms in total. The van der Waals surface area contributed by atoms with Gasteiger partial charge in [0.2, 0.25) is 0 Å². The van der Waals surface area contributed by atoms with Crippen LogP contribution in [0.2, 0.25) is 0 Å². The quantitative estimate of drug-likeness (QED) is 0.738. The molecule has 0 N–H and O–H groups in total. The summed E-state index contributed by atoms with van der Waals surface area (Å²) in [6.45, 7) is 7.00. The average molecular weight is 363 g/mol. The van der Waals surface area contributed by atoms with Gasteiger partial charge in [0.1, 0.15) is 0 Å². The lowest BCUT2D eigenvalue weighted by atomic mass is 10.00. The smallest absolute Gasteiger partial charge is 0.0694 e. The SMILES string of the molecule is CC1(C)COCCN1c1ccc(Br)cc1CBr. The van der Waals surface area contributed by atoms with Gasteiger partial charge in [0.05, 0.1) is 18.8 Å². The molecule has 0 saturated carbocycles. The fourth-order valence-electron chi connectivity index (χ4n) is 2.23. The van der Waals surface area contributed by atoms with Crippen molar-refractivity contribution in [3.63, 3.8) is 0 Å². The van der Waals surface area contributed by atoms with E-state index >= 15 is 0 Å². The molecule has 0 atom stereocenters. The van der Waals surface area contributed by atoms with E-state index in [0.717, 1.165) is 29.6 Å². The van der Waals surface area contributed by atoms with E-state index in [1.807, 2.05) is 0 Å². The number of ether oxygens (including phenoxy) is 1. The summed E-state index contributed by atoms with van der Waals surface area (Å²) in [6.07, 6.45) is 0. The molecule has 94 valence electrons. The van der Waals surface area contributed by atoms with Crippen LogP contribution in [0.5, 0.6) is 0 Å². The highest BCUT2D eigenvalue weighted by Gasteiger charge is 2.31. The van der Waals surface area contributed by atoms with Gasteiger partial charge in [-0.3, -0.25) is 0 Å². The number of anilines is 1. The summed E-state index contributed by atoms with van der Waals surface area (Å²) in [5.74, 6) is 0. The Hall–Kier alpha value is -0.0600. The second-order valence-corrected chi connectivity index (χ2v) is 6.40. The van der Waals surface area contributed by atoms with Crippen molar-refractivity contribution in [2.75, 3.05) is 24.7 Å². The van der Waals surface area contributed by atoms with E-state index < -0.39 is 0 Å². The Morgan fingerprint density at radius 2 is 2.18 bits per heavy atom. The molecule has 2 rings (SSSR count). The minimum absolute atomic E-state index is 0.0585. The second-order valence-electron chi connectivity index (χ2n) is 4.92. The minimum atomic E-state index is 0.0585. The van der Waals surface area contributed by atoms with Gasteiger partial charge >= 0.3 is 0 Å². The molecule has 0 aromatic heterocycles. The number of nitrogens with zero attached hydrogens (tertiary/aromatic N) is 1. The fourth-order valence-corrected chi connectivity index (χ4v) is 3.09. The van der Waals surface area contributed by atoms with Crippen LogP contribution >= 0.6 is 31.9 Å². The Bertz CT molecular complexity index is 406. The Labute approximate surface area is 120 Å². The monoisotopic (exact) mass is 361 g/mol. The van der Waals surface area contributed by atoms with Crippen LogP contribution in [-0.2, 0) is 10.1 Å². The highest BCUT2D eigenvalue weighted by molar-refractivity contribution is 9.10. The Balaban J connectivity index is 2.38. The van der Waals surface area contributed by atoms with Crippen LogP contribution in [0.3, 0.4) is 0 Å².